The first kappa shape index (κ1) is 24.5. The minimum Gasteiger partial charge on any atom is -0.354 e. The van der Waals surface area contributed by atoms with E-state index in [2.05, 4.69) is 29.5 Å². The minimum atomic E-state index is -1.04. The first-order chi connectivity index (χ1) is 15.8. The normalized spacial score (nSPS) is 17.7. The van der Waals surface area contributed by atoms with Crippen LogP contribution in [0.4, 0.5) is 0 Å². The third kappa shape index (κ3) is 5.43. The van der Waals surface area contributed by atoms with Crippen molar-refractivity contribution in [2.24, 2.45) is 5.92 Å². The molecule has 0 saturated carbocycles. The highest BCUT2D eigenvalue weighted by Crippen LogP contribution is 2.29. The van der Waals surface area contributed by atoms with Gasteiger partial charge in [-0.1, -0.05) is 51.1 Å². The molecule has 1 atom stereocenters. The number of amides is 3. The molecule has 1 unspecified atom stereocenters. The van der Waals surface area contributed by atoms with Crippen LogP contribution in [-0.2, 0) is 17.8 Å². The van der Waals surface area contributed by atoms with Crippen LogP contribution in [0.3, 0.4) is 0 Å². The Balaban J connectivity index is 1.76. The number of carbonyl (C=O) groups excluding carboxylic acids is 3. The lowest BCUT2D eigenvalue weighted by molar-refractivity contribution is -0.132. The highest BCUT2D eigenvalue weighted by Gasteiger charge is 2.48. The summed E-state index contributed by atoms with van der Waals surface area (Å²) in [6.45, 7) is 9.64. The molecule has 0 radical (unpaired) electrons. The molecule has 1 aliphatic heterocycles. The molecule has 2 N–H and O–H groups in total. The molecule has 1 aliphatic rings. The SMILES string of the molecule is CCCN1C(=O)c2c(C(=O)NCCc3ccccc3)ncn2CC1(C)C(=O)NCCC(C)C. The summed E-state index contributed by atoms with van der Waals surface area (Å²) in [5.41, 5.74) is 0.428. The van der Waals surface area contributed by atoms with Gasteiger partial charge in [0, 0.05) is 19.6 Å². The Morgan fingerprint density at radius 2 is 1.88 bits per heavy atom. The summed E-state index contributed by atoms with van der Waals surface area (Å²) in [5.74, 6) is -0.427. The van der Waals surface area contributed by atoms with Gasteiger partial charge in [0.15, 0.2) is 5.69 Å². The van der Waals surface area contributed by atoms with Crippen molar-refractivity contribution in [3.05, 3.63) is 53.6 Å². The van der Waals surface area contributed by atoms with Crippen molar-refractivity contribution < 1.29 is 14.4 Å². The monoisotopic (exact) mass is 453 g/mol. The zero-order valence-corrected chi connectivity index (χ0v) is 20.1. The van der Waals surface area contributed by atoms with E-state index >= 15 is 0 Å². The molecule has 33 heavy (non-hydrogen) atoms. The van der Waals surface area contributed by atoms with Gasteiger partial charge in [-0.3, -0.25) is 14.4 Å². The molecule has 8 heteroatoms. The topological polar surface area (TPSA) is 96.3 Å². The van der Waals surface area contributed by atoms with Crippen molar-refractivity contribution in [1.29, 1.82) is 0 Å². The third-order valence-electron chi connectivity index (χ3n) is 6.06. The Hall–Kier alpha value is -3.16. The number of rotatable bonds is 10. The van der Waals surface area contributed by atoms with Crippen LogP contribution in [-0.4, -0.2) is 57.3 Å². The zero-order chi connectivity index (χ0) is 24.0. The molecule has 2 heterocycles. The van der Waals surface area contributed by atoms with E-state index in [1.54, 1.807) is 16.4 Å². The quantitative estimate of drug-likeness (QED) is 0.578. The fourth-order valence-corrected chi connectivity index (χ4v) is 4.14. The molecule has 2 aromatic rings. The smallest absolute Gasteiger partial charge is 0.273 e. The van der Waals surface area contributed by atoms with Gasteiger partial charge in [-0.05, 0) is 37.7 Å². The van der Waals surface area contributed by atoms with E-state index < -0.39 is 5.54 Å². The fourth-order valence-electron chi connectivity index (χ4n) is 4.14. The van der Waals surface area contributed by atoms with E-state index in [1.165, 1.54) is 6.33 Å². The highest BCUT2D eigenvalue weighted by molar-refractivity contribution is 6.07. The van der Waals surface area contributed by atoms with Gasteiger partial charge in [0.05, 0.1) is 12.9 Å². The minimum absolute atomic E-state index is 0.108. The first-order valence-corrected chi connectivity index (χ1v) is 11.8. The van der Waals surface area contributed by atoms with Gasteiger partial charge >= 0.3 is 0 Å². The maximum absolute atomic E-state index is 13.5. The van der Waals surface area contributed by atoms with Gasteiger partial charge in [-0.15, -0.1) is 0 Å². The summed E-state index contributed by atoms with van der Waals surface area (Å²) in [5, 5.41) is 5.86. The third-order valence-corrected chi connectivity index (χ3v) is 6.06. The van der Waals surface area contributed by atoms with Crippen LogP contribution < -0.4 is 10.6 Å². The average molecular weight is 454 g/mol. The molecule has 0 saturated heterocycles. The Labute approximate surface area is 195 Å². The lowest BCUT2D eigenvalue weighted by Gasteiger charge is -2.43. The van der Waals surface area contributed by atoms with Crippen molar-refractivity contribution in [2.75, 3.05) is 19.6 Å². The predicted octanol–water partition coefficient (Wildman–Crippen LogP) is 2.64. The van der Waals surface area contributed by atoms with Gasteiger partial charge in [-0.2, -0.15) is 0 Å². The molecular weight excluding hydrogens is 418 g/mol. The summed E-state index contributed by atoms with van der Waals surface area (Å²) in [7, 11) is 0. The van der Waals surface area contributed by atoms with Crippen molar-refractivity contribution in [2.45, 2.75) is 59.0 Å². The molecule has 0 aliphatic carbocycles. The standard InChI is InChI=1S/C25H35N5O3/c1-5-15-30-23(32)21-20(22(31)26-14-12-19-9-7-6-8-10-19)28-17-29(21)16-25(30,4)24(33)27-13-11-18(2)3/h6-10,17-18H,5,11-16H2,1-4H3,(H,26,31)(H,27,33). The molecule has 178 valence electrons. The van der Waals surface area contributed by atoms with Crippen LogP contribution in [0, 0.1) is 5.92 Å². The number of nitrogens with one attached hydrogen (secondary N) is 2. The van der Waals surface area contributed by atoms with Gasteiger partial charge in [0.25, 0.3) is 11.8 Å². The van der Waals surface area contributed by atoms with E-state index in [9.17, 15) is 14.4 Å². The van der Waals surface area contributed by atoms with E-state index in [0.717, 1.165) is 12.0 Å². The molecular formula is C25H35N5O3. The maximum atomic E-state index is 13.5. The molecule has 0 fully saturated rings. The van der Waals surface area contributed by atoms with Gasteiger partial charge < -0.3 is 20.1 Å². The fraction of sp³-hybridized carbons (Fsp3) is 0.520. The van der Waals surface area contributed by atoms with Crippen LogP contribution in [0.15, 0.2) is 36.7 Å². The van der Waals surface area contributed by atoms with Crippen molar-refractivity contribution in [3.8, 4) is 0 Å². The number of carbonyl (C=O) groups is 3. The van der Waals surface area contributed by atoms with E-state index in [1.807, 2.05) is 37.3 Å². The van der Waals surface area contributed by atoms with Crippen LogP contribution in [0.25, 0.3) is 0 Å². The average Bonchev–Trinajstić information content (AvgIpc) is 3.20. The second-order valence-electron chi connectivity index (χ2n) is 9.23. The molecule has 1 aromatic heterocycles. The number of fused-ring (bicyclic) bond motifs is 1. The maximum Gasteiger partial charge on any atom is 0.273 e. The van der Waals surface area contributed by atoms with E-state index in [0.29, 0.717) is 38.4 Å². The van der Waals surface area contributed by atoms with Crippen molar-refractivity contribution in [1.82, 2.24) is 25.1 Å². The number of hydrogen-bond acceptors (Lipinski definition) is 4. The Morgan fingerprint density at radius 1 is 1.15 bits per heavy atom. The second kappa shape index (κ2) is 10.6. The lowest BCUT2D eigenvalue weighted by Crippen LogP contribution is -2.64. The van der Waals surface area contributed by atoms with Crippen LogP contribution >= 0.6 is 0 Å². The Bertz CT molecular complexity index is 985. The van der Waals surface area contributed by atoms with Gasteiger partial charge in [0.1, 0.15) is 11.2 Å². The Morgan fingerprint density at radius 3 is 2.55 bits per heavy atom. The largest absolute Gasteiger partial charge is 0.354 e. The number of aromatic nitrogens is 2. The van der Waals surface area contributed by atoms with E-state index in [4.69, 9.17) is 0 Å². The molecule has 8 nitrogen and oxygen atoms in total. The van der Waals surface area contributed by atoms with Crippen LogP contribution in [0.1, 0.15) is 67.1 Å². The highest BCUT2D eigenvalue weighted by atomic mass is 16.2. The van der Waals surface area contributed by atoms with Crippen molar-refractivity contribution >= 4 is 17.7 Å². The molecule has 0 bridgehead atoms. The summed E-state index contributed by atoms with van der Waals surface area (Å²) >= 11 is 0. The van der Waals surface area contributed by atoms with Gasteiger partial charge in [0.2, 0.25) is 5.91 Å². The van der Waals surface area contributed by atoms with Gasteiger partial charge in [-0.25, -0.2) is 4.98 Å². The number of imidazole rings is 1. The molecule has 0 spiro atoms. The summed E-state index contributed by atoms with van der Waals surface area (Å²) < 4.78 is 1.64. The van der Waals surface area contributed by atoms with E-state index in [-0.39, 0.29) is 35.7 Å². The summed E-state index contributed by atoms with van der Waals surface area (Å²) in [6, 6.07) is 9.87. The number of nitrogens with zero attached hydrogens (tertiary/aromatic N) is 3. The summed E-state index contributed by atoms with van der Waals surface area (Å²) in [4.78, 5) is 45.3. The van der Waals surface area contributed by atoms with Crippen LogP contribution in [0.2, 0.25) is 0 Å². The number of benzene rings is 1. The number of hydrogen-bond donors (Lipinski definition) is 2. The van der Waals surface area contributed by atoms with Crippen molar-refractivity contribution in [3.63, 3.8) is 0 Å². The lowest BCUT2D eigenvalue weighted by atomic mass is 9.93. The molecule has 3 amide bonds. The van der Waals surface area contributed by atoms with Crippen LogP contribution in [0.5, 0.6) is 0 Å². The molecule has 3 rings (SSSR count). The predicted molar refractivity (Wildman–Crippen MR) is 127 cm³/mol. The Kier molecular flexibility index (Phi) is 7.89. The summed E-state index contributed by atoms with van der Waals surface area (Å²) in [6.07, 6.45) is 3.75. The second-order valence-corrected chi connectivity index (χ2v) is 9.23. The first-order valence-electron chi connectivity index (χ1n) is 11.8. The molecule has 1 aromatic carbocycles. The zero-order valence-electron chi connectivity index (χ0n) is 20.1.